The van der Waals surface area contributed by atoms with Crippen LogP contribution in [-0.2, 0) is 0 Å². The number of nitrogens with zero attached hydrogens (tertiary/aromatic N) is 1. The molecule has 5 heteroatoms. The number of benzene rings is 1. The summed E-state index contributed by atoms with van der Waals surface area (Å²) in [6.45, 7) is 3.05. The van der Waals surface area contributed by atoms with Crippen molar-refractivity contribution in [3.8, 4) is 0 Å². The van der Waals surface area contributed by atoms with Gasteiger partial charge >= 0.3 is 0 Å². The summed E-state index contributed by atoms with van der Waals surface area (Å²) < 4.78 is 0. The first kappa shape index (κ1) is 13.4. The molecule has 2 rings (SSSR count). The zero-order valence-electron chi connectivity index (χ0n) is 11.1. The van der Waals surface area contributed by atoms with Crippen LogP contribution >= 0.6 is 0 Å². The Labute approximate surface area is 112 Å². The van der Waals surface area contributed by atoms with E-state index in [4.69, 9.17) is 0 Å². The summed E-state index contributed by atoms with van der Waals surface area (Å²) in [4.78, 5) is 11.3. The van der Waals surface area contributed by atoms with Crippen LogP contribution in [-0.4, -0.2) is 16.7 Å². The molecular weight excluding hydrogens is 240 g/mol. The number of hydrogen-bond donors (Lipinski definition) is 3. The second-order valence-corrected chi connectivity index (χ2v) is 4.43. The van der Waals surface area contributed by atoms with Crippen LogP contribution < -0.4 is 16.0 Å². The van der Waals surface area contributed by atoms with E-state index in [0.29, 0.717) is 5.82 Å². The number of unbranched alkanes of at least 4 members (excludes halogenated alkanes) is 2. The molecule has 19 heavy (non-hydrogen) atoms. The summed E-state index contributed by atoms with van der Waals surface area (Å²) in [7, 11) is 0. The lowest BCUT2D eigenvalue weighted by Gasteiger charge is -2.23. The van der Waals surface area contributed by atoms with Crippen LogP contribution in [0.3, 0.4) is 0 Å². The van der Waals surface area contributed by atoms with Crippen LogP contribution in [0, 0.1) is 0 Å². The molecule has 1 aromatic carbocycles. The van der Waals surface area contributed by atoms with Gasteiger partial charge in [-0.2, -0.15) is 0 Å². The Morgan fingerprint density at radius 1 is 1.16 bits per heavy atom. The molecule has 0 amide bonds. The van der Waals surface area contributed by atoms with Gasteiger partial charge in [0.15, 0.2) is 0 Å². The SMILES string of the molecule is CCCCCNN(c1ccccc1)c1cc(=O)[nH][nH]1. The third kappa shape index (κ3) is 3.72. The first-order chi connectivity index (χ1) is 9.31. The molecular formula is C14H20N4O. The zero-order valence-corrected chi connectivity index (χ0v) is 11.1. The summed E-state index contributed by atoms with van der Waals surface area (Å²) in [6.07, 6.45) is 3.49. The number of rotatable bonds is 7. The molecule has 0 atom stereocenters. The number of anilines is 2. The summed E-state index contributed by atoms with van der Waals surface area (Å²) >= 11 is 0. The van der Waals surface area contributed by atoms with E-state index in [1.807, 2.05) is 35.3 Å². The van der Waals surface area contributed by atoms with Crippen molar-refractivity contribution < 1.29 is 0 Å². The van der Waals surface area contributed by atoms with Gasteiger partial charge in [-0.3, -0.25) is 20.0 Å². The minimum absolute atomic E-state index is 0.133. The third-order valence-corrected chi connectivity index (χ3v) is 2.89. The Bertz CT molecular complexity index is 532. The van der Waals surface area contributed by atoms with Crippen LogP contribution in [0.2, 0.25) is 0 Å². The minimum atomic E-state index is -0.133. The zero-order chi connectivity index (χ0) is 13.5. The smallest absolute Gasteiger partial charge is 0.266 e. The molecule has 0 aliphatic heterocycles. The maximum absolute atomic E-state index is 11.3. The maximum atomic E-state index is 11.3. The monoisotopic (exact) mass is 260 g/mol. The van der Waals surface area contributed by atoms with Crippen molar-refractivity contribution in [3.63, 3.8) is 0 Å². The Hall–Kier alpha value is -2.01. The van der Waals surface area contributed by atoms with E-state index in [-0.39, 0.29) is 5.56 Å². The summed E-state index contributed by atoms with van der Waals surface area (Å²) in [5.74, 6) is 0.715. The van der Waals surface area contributed by atoms with Gasteiger partial charge in [-0.15, -0.1) is 0 Å². The molecule has 0 radical (unpaired) electrons. The minimum Gasteiger partial charge on any atom is -0.282 e. The van der Waals surface area contributed by atoms with Crippen molar-refractivity contribution in [1.82, 2.24) is 15.6 Å². The highest BCUT2D eigenvalue weighted by molar-refractivity contribution is 5.57. The molecule has 0 saturated heterocycles. The number of aromatic amines is 2. The van der Waals surface area contributed by atoms with Crippen LogP contribution in [0.15, 0.2) is 41.2 Å². The van der Waals surface area contributed by atoms with Gasteiger partial charge in [0, 0.05) is 12.6 Å². The Morgan fingerprint density at radius 2 is 1.95 bits per heavy atom. The van der Waals surface area contributed by atoms with Crippen LogP contribution in [0.1, 0.15) is 26.2 Å². The second-order valence-electron chi connectivity index (χ2n) is 4.43. The van der Waals surface area contributed by atoms with Gasteiger partial charge in [-0.1, -0.05) is 38.0 Å². The van der Waals surface area contributed by atoms with E-state index in [0.717, 1.165) is 18.7 Å². The average Bonchev–Trinajstić information content (AvgIpc) is 2.86. The van der Waals surface area contributed by atoms with Crippen molar-refractivity contribution >= 4 is 11.5 Å². The second kappa shape index (κ2) is 6.80. The van der Waals surface area contributed by atoms with Crippen molar-refractivity contribution in [3.05, 3.63) is 46.8 Å². The third-order valence-electron chi connectivity index (χ3n) is 2.89. The summed E-state index contributed by atoms with van der Waals surface area (Å²) in [5, 5.41) is 7.33. The molecule has 3 N–H and O–H groups in total. The Kier molecular flexibility index (Phi) is 4.80. The number of hydrazine groups is 1. The first-order valence-electron chi connectivity index (χ1n) is 6.67. The predicted molar refractivity (Wildman–Crippen MR) is 77.5 cm³/mol. The summed E-state index contributed by atoms with van der Waals surface area (Å²) in [6, 6.07) is 11.5. The number of aromatic nitrogens is 2. The molecule has 0 aliphatic carbocycles. The van der Waals surface area contributed by atoms with Crippen LogP contribution in [0.25, 0.3) is 0 Å². The van der Waals surface area contributed by atoms with Gasteiger partial charge < -0.3 is 0 Å². The lowest BCUT2D eigenvalue weighted by atomic mass is 10.2. The van der Waals surface area contributed by atoms with E-state index in [1.54, 1.807) is 6.07 Å². The van der Waals surface area contributed by atoms with Crippen molar-refractivity contribution in [2.24, 2.45) is 0 Å². The number of hydrogen-bond acceptors (Lipinski definition) is 3. The van der Waals surface area contributed by atoms with Crippen molar-refractivity contribution in [1.29, 1.82) is 0 Å². The predicted octanol–water partition coefficient (Wildman–Crippen LogP) is 2.54. The van der Waals surface area contributed by atoms with E-state index in [2.05, 4.69) is 22.5 Å². The van der Waals surface area contributed by atoms with E-state index >= 15 is 0 Å². The molecule has 102 valence electrons. The van der Waals surface area contributed by atoms with Crippen molar-refractivity contribution in [2.75, 3.05) is 11.6 Å². The molecule has 0 fully saturated rings. The quantitative estimate of drug-likeness (QED) is 0.529. The molecule has 2 aromatic rings. The molecule has 5 nitrogen and oxygen atoms in total. The fourth-order valence-corrected chi connectivity index (χ4v) is 1.90. The molecule has 0 spiro atoms. The fraction of sp³-hybridized carbons (Fsp3) is 0.357. The standard InChI is InChI=1S/C14H20N4O/c1-2-3-7-10-15-18(12-8-5-4-6-9-12)13-11-14(19)17-16-13/h4-6,8-9,11,15H,2-3,7,10H2,1H3,(H2,16,17,19). The Morgan fingerprint density at radius 3 is 2.58 bits per heavy atom. The molecule has 0 saturated carbocycles. The van der Waals surface area contributed by atoms with Gasteiger partial charge in [-0.05, 0) is 18.6 Å². The highest BCUT2D eigenvalue weighted by atomic mass is 16.1. The normalized spacial score (nSPS) is 10.6. The highest BCUT2D eigenvalue weighted by Crippen LogP contribution is 2.19. The van der Waals surface area contributed by atoms with Gasteiger partial charge in [0.1, 0.15) is 5.82 Å². The fourth-order valence-electron chi connectivity index (χ4n) is 1.90. The average molecular weight is 260 g/mol. The van der Waals surface area contributed by atoms with Gasteiger partial charge in [0.2, 0.25) is 0 Å². The number of nitrogens with one attached hydrogen (secondary N) is 3. The van der Waals surface area contributed by atoms with E-state index in [1.165, 1.54) is 12.8 Å². The number of H-pyrrole nitrogens is 2. The Balaban J connectivity index is 2.12. The van der Waals surface area contributed by atoms with E-state index in [9.17, 15) is 4.79 Å². The lowest BCUT2D eigenvalue weighted by molar-refractivity contribution is 0.620. The first-order valence-corrected chi connectivity index (χ1v) is 6.67. The maximum Gasteiger partial charge on any atom is 0.266 e. The number of para-hydroxylation sites is 1. The lowest BCUT2D eigenvalue weighted by Crippen LogP contribution is -2.34. The van der Waals surface area contributed by atoms with Gasteiger partial charge in [0.25, 0.3) is 5.56 Å². The summed E-state index contributed by atoms with van der Waals surface area (Å²) in [5.41, 5.74) is 4.21. The highest BCUT2D eigenvalue weighted by Gasteiger charge is 2.10. The molecule has 1 heterocycles. The molecule has 0 bridgehead atoms. The van der Waals surface area contributed by atoms with Crippen LogP contribution in [0.5, 0.6) is 0 Å². The van der Waals surface area contributed by atoms with E-state index < -0.39 is 0 Å². The molecule has 0 unspecified atom stereocenters. The molecule has 0 aliphatic rings. The largest absolute Gasteiger partial charge is 0.282 e. The van der Waals surface area contributed by atoms with Gasteiger partial charge in [0.05, 0.1) is 5.69 Å². The van der Waals surface area contributed by atoms with Crippen LogP contribution in [0.4, 0.5) is 11.5 Å². The van der Waals surface area contributed by atoms with Gasteiger partial charge in [-0.25, -0.2) is 5.43 Å². The van der Waals surface area contributed by atoms with Crippen molar-refractivity contribution in [2.45, 2.75) is 26.2 Å². The topological polar surface area (TPSA) is 63.9 Å². The molecule has 1 aromatic heterocycles.